The van der Waals surface area contributed by atoms with Crippen molar-refractivity contribution >= 4 is 5.91 Å². The van der Waals surface area contributed by atoms with Gasteiger partial charge in [0.25, 0.3) is 5.91 Å². The van der Waals surface area contributed by atoms with Gasteiger partial charge in [-0.25, -0.2) is 0 Å². The van der Waals surface area contributed by atoms with E-state index < -0.39 is 35.9 Å². The Bertz CT molecular complexity index is 1090. The van der Waals surface area contributed by atoms with E-state index >= 15 is 0 Å². The van der Waals surface area contributed by atoms with Crippen molar-refractivity contribution < 1.29 is 36.2 Å². The van der Waals surface area contributed by atoms with Crippen LogP contribution in [0.5, 0.6) is 5.75 Å². The van der Waals surface area contributed by atoms with Gasteiger partial charge in [0.2, 0.25) is 0 Å². The minimum Gasteiger partial charge on any atom is -0.508 e. The molecule has 1 amide bonds. The van der Waals surface area contributed by atoms with Gasteiger partial charge >= 0.3 is 12.4 Å². The van der Waals surface area contributed by atoms with Gasteiger partial charge < -0.3 is 10.4 Å². The van der Waals surface area contributed by atoms with Crippen molar-refractivity contribution in [3.63, 3.8) is 0 Å². The summed E-state index contributed by atoms with van der Waals surface area (Å²) in [5, 5.41) is 18.2. The molecule has 1 heterocycles. The number of carbonyl (C=O) groups is 1. The van der Waals surface area contributed by atoms with Crippen LogP contribution in [0.2, 0.25) is 0 Å². The van der Waals surface area contributed by atoms with Crippen LogP contribution in [0.3, 0.4) is 0 Å². The van der Waals surface area contributed by atoms with E-state index in [1.807, 2.05) is 0 Å². The number of nitrogens with one attached hydrogen (secondary N) is 2. The summed E-state index contributed by atoms with van der Waals surface area (Å²) in [6.07, 6.45) is -9.94. The van der Waals surface area contributed by atoms with Gasteiger partial charge in [-0.05, 0) is 60.5 Å². The number of nitrogens with zero attached hydrogens (tertiary/aromatic N) is 1. The monoisotopic (exact) mass is 443 g/mol. The summed E-state index contributed by atoms with van der Waals surface area (Å²) in [6.45, 7) is 1.16. The van der Waals surface area contributed by atoms with Crippen molar-refractivity contribution in [3.8, 4) is 17.0 Å². The molecule has 0 aliphatic rings. The highest BCUT2D eigenvalue weighted by Gasteiger charge is 2.36. The number of aromatic hydroxyl groups is 1. The van der Waals surface area contributed by atoms with Crippen LogP contribution in [-0.2, 0) is 18.9 Å². The molecule has 11 heteroatoms. The third-order valence-electron chi connectivity index (χ3n) is 4.41. The van der Waals surface area contributed by atoms with Crippen LogP contribution in [0, 0.1) is 6.92 Å². The zero-order chi connectivity index (χ0) is 23.0. The molecule has 0 unspecified atom stereocenters. The van der Waals surface area contributed by atoms with E-state index in [9.17, 15) is 36.2 Å². The fourth-order valence-corrected chi connectivity index (χ4v) is 2.91. The summed E-state index contributed by atoms with van der Waals surface area (Å²) >= 11 is 0. The SMILES string of the molecule is Cc1cc(O)ccc1-c1cc(C(=O)NCc2cc(C(F)(F)F)cc(C(F)(F)F)c2)[nH]n1. The van der Waals surface area contributed by atoms with Gasteiger partial charge in [0.1, 0.15) is 11.4 Å². The molecule has 0 saturated heterocycles. The fraction of sp³-hybridized carbons (Fsp3) is 0.200. The molecule has 3 N–H and O–H groups in total. The molecular weight excluding hydrogens is 428 g/mol. The van der Waals surface area contributed by atoms with Gasteiger partial charge in [0.05, 0.1) is 16.8 Å². The minimum absolute atomic E-state index is 0.0203. The number of phenolic OH excluding ortho intramolecular Hbond substituents is 1. The highest BCUT2D eigenvalue weighted by molar-refractivity contribution is 5.93. The Morgan fingerprint density at radius 1 is 1.00 bits per heavy atom. The summed E-state index contributed by atoms with van der Waals surface area (Å²) < 4.78 is 77.6. The second-order valence-corrected chi connectivity index (χ2v) is 6.76. The summed E-state index contributed by atoms with van der Waals surface area (Å²) in [5.74, 6) is -0.713. The lowest BCUT2D eigenvalue weighted by Crippen LogP contribution is -2.24. The first-order valence-electron chi connectivity index (χ1n) is 8.76. The molecule has 31 heavy (non-hydrogen) atoms. The molecule has 3 rings (SSSR count). The number of carbonyl (C=O) groups excluding carboxylic acids is 1. The molecule has 0 spiro atoms. The van der Waals surface area contributed by atoms with Crippen LogP contribution < -0.4 is 5.32 Å². The summed E-state index contributed by atoms with van der Waals surface area (Å²) in [4.78, 5) is 12.3. The molecule has 0 fully saturated rings. The second kappa shape index (κ2) is 7.97. The molecule has 0 aliphatic heterocycles. The average molecular weight is 443 g/mol. The van der Waals surface area contributed by atoms with Gasteiger partial charge in [-0.3, -0.25) is 9.89 Å². The number of hydrogen-bond donors (Lipinski definition) is 3. The number of aryl methyl sites for hydroxylation is 1. The van der Waals surface area contributed by atoms with Gasteiger partial charge in [0.15, 0.2) is 0 Å². The number of alkyl halides is 6. The van der Waals surface area contributed by atoms with Gasteiger partial charge in [-0.2, -0.15) is 31.4 Å². The molecule has 0 atom stereocenters. The number of aromatic nitrogens is 2. The van der Waals surface area contributed by atoms with Gasteiger partial charge in [-0.15, -0.1) is 0 Å². The van der Waals surface area contributed by atoms with E-state index in [-0.39, 0.29) is 23.1 Å². The van der Waals surface area contributed by atoms with Crippen LogP contribution in [0.4, 0.5) is 26.3 Å². The van der Waals surface area contributed by atoms with Crippen molar-refractivity contribution in [1.29, 1.82) is 0 Å². The van der Waals surface area contributed by atoms with E-state index in [0.717, 1.165) is 0 Å². The largest absolute Gasteiger partial charge is 0.508 e. The van der Waals surface area contributed by atoms with E-state index in [1.54, 1.807) is 13.0 Å². The quantitative estimate of drug-likeness (QED) is 0.494. The Balaban J connectivity index is 1.79. The van der Waals surface area contributed by atoms with E-state index in [1.165, 1.54) is 18.2 Å². The number of phenols is 1. The first-order chi connectivity index (χ1) is 14.3. The topological polar surface area (TPSA) is 78.0 Å². The number of amides is 1. The van der Waals surface area contributed by atoms with E-state index in [0.29, 0.717) is 29.0 Å². The number of H-pyrrole nitrogens is 1. The van der Waals surface area contributed by atoms with Gasteiger partial charge in [-0.1, -0.05) is 0 Å². The van der Waals surface area contributed by atoms with Crippen LogP contribution in [0.15, 0.2) is 42.5 Å². The zero-order valence-corrected chi connectivity index (χ0v) is 15.8. The molecule has 5 nitrogen and oxygen atoms in total. The molecule has 3 aromatic rings. The number of aromatic amines is 1. The predicted octanol–water partition coefficient (Wildman–Crippen LogP) is 5.06. The summed E-state index contributed by atoms with van der Waals surface area (Å²) in [5.41, 5.74) is -1.63. The van der Waals surface area contributed by atoms with Crippen molar-refractivity contribution in [2.75, 3.05) is 0 Å². The Kier molecular flexibility index (Phi) is 5.70. The molecule has 0 aliphatic carbocycles. The Morgan fingerprint density at radius 3 is 2.16 bits per heavy atom. The fourth-order valence-electron chi connectivity index (χ4n) is 2.91. The highest BCUT2D eigenvalue weighted by Crippen LogP contribution is 2.36. The molecule has 1 aromatic heterocycles. The molecular formula is C20H15F6N3O2. The number of rotatable bonds is 4. The number of halogens is 6. The maximum atomic E-state index is 12.9. The van der Waals surface area contributed by atoms with Crippen molar-refractivity contribution in [3.05, 3.63) is 70.4 Å². The summed E-state index contributed by atoms with van der Waals surface area (Å²) in [6, 6.07) is 7.01. The zero-order valence-electron chi connectivity index (χ0n) is 15.8. The maximum Gasteiger partial charge on any atom is 0.416 e. The average Bonchev–Trinajstić information content (AvgIpc) is 3.14. The smallest absolute Gasteiger partial charge is 0.416 e. The third-order valence-corrected chi connectivity index (χ3v) is 4.41. The number of benzene rings is 2. The molecule has 0 saturated carbocycles. The Labute approximate surface area is 171 Å². The molecule has 0 bridgehead atoms. The Hall–Kier alpha value is -3.50. The molecule has 164 valence electrons. The lowest BCUT2D eigenvalue weighted by atomic mass is 10.0. The minimum atomic E-state index is -4.97. The third kappa shape index (κ3) is 5.16. The van der Waals surface area contributed by atoms with E-state index in [2.05, 4.69) is 15.5 Å². The summed E-state index contributed by atoms with van der Waals surface area (Å²) in [7, 11) is 0. The van der Waals surface area contributed by atoms with Crippen LogP contribution in [0.25, 0.3) is 11.3 Å². The first kappa shape index (κ1) is 22.2. The lowest BCUT2D eigenvalue weighted by Gasteiger charge is -2.14. The Morgan fingerprint density at radius 2 is 1.61 bits per heavy atom. The standard InChI is InChI=1S/C20H15F6N3O2/c1-10-4-14(30)2-3-15(10)16-8-17(29-28-16)18(31)27-9-11-5-12(19(21,22)23)7-13(6-11)20(24,25)26/h2-8,30H,9H2,1H3,(H,27,31)(H,28,29). The van der Waals surface area contributed by atoms with Crippen LogP contribution in [0.1, 0.15) is 32.7 Å². The molecule has 2 aromatic carbocycles. The van der Waals surface area contributed by atoms with Crippen molar-refractivity contribution in [2.45, 2.75) is 25.8 Å². The lowest BCUT2D eigenvalue weighted by molar-refractivity contribution is -0.143. The van der Waals surface area contributed by atoms with Crippen LogP contribution >= 0.6 is 0 Å². The highest BCUT2D eigenvalue weighted by atomic mass is 19.4. The predicted molar refractivity (Wildman–Crippen MR) is 98.0 cm³/mol. The van der Waals surface area contributed by atoms with Crippen LogP contribution in [-0.4, -0.2) is 21.2 Å². The van der Waals surface area contributed by atoms with Crippen molar-refractivity contribution in [1.82, 2.24) is 15.5 Å². The normalized spacial score (nSPS) is 12.1. The number of hydrogen-bond acceptors (Lipinski definition) is 3. The molecule has 0 radical (unpaired) electrons. The second-order valence-electron chi connectivity index (χ2n) is 6.76. The van der Waals surface area contributed by atoms with Crippen molar-refractivity contribution in [2.24, 2.45) is 0 Å². The first-order valence-corrected chi connectivity index (χ1v) is 8.76. The van der Waals surface area contributed by atoms with Gasteiger partial charge in [0, 0.05) is 12.1 Å². The maximum absolute atomic E-state index is 12.9. The van der Waals surface area contributed by atoms with E-state index in [4.69, 9.17) is 0 Å².